The number of nitrogens with zero attached hydrogens (tertiary/aromatic N) is 2. The molecule has 0 rings (SSSR count). The number of hydrazine groups is 1. The first kappa shape index (κ1) is 13.8. The monoisotopic (exact) mass is 202 g/mol. The van der Waals surface area contributed by atoms with Crippen molar-refractivity contribution in [3.8, 4) is 0 Å². The number of hydrogen-bond donors (Lipinski definition) is 2. The Morgan fingerprint density at radius 2 is 1.93 bits per heavy atom. The van der Waals surface area contributed by atoms with Gasteiger partial charge in [0.25, 0.3) is 0 Å². The van der Waals surface area contributed by atoms with Crippen molar-refractivity contribution in [2.45, 2.75) is 20.3 Å². The Morgan fingerprint density at radius 1 is 1.29 bits per heavy atom. The highest BCUT2D eigenvalue weighted by Crippen LogP contribution is 1.89. The molecule has 4 heteroatoms. The molecule has 0 aromatic heterocycles. The quantitative estimate of drug-likeness (QED) is 0.313. The van der Waals surface area contributed by atoms with Gasteiger partial charge in [-0.2, -0.15) is 0 Å². The van der Waals surface area contributed by atoms with E-state index in [0.29, 0.717) is 6.54 Å². The van der Waals surface area contributed by atoms with Gasteiger partial charge in [0, 0.05) is 6.54 Å². The van der Waals surface area contributed by atoms with Crippen molar-refractivity contribution in [2.75, 3.05) is 46.3 Å². The minimum atomic E-state index is 0.708. The van der Waals surface area contributed by atoms with Gasteiger partial charge in [-0.15, -0.1) is 5.43 Å². The summed E-state index contributed by atoms with van der Waals surface area (Å²) in [6.45, 7) is 10.5. The molecule has 85 valence electrons. The van der Waals surface area contributed by atoms with E-state index in [2.05, 4.69) is 29.2 Å². The summed E-state index contributed by atoms with van der Waals surface area (Å²) in [5.74, 6) is 0. The largest absolute Gasteiger partial charge is 0.325 e. The second-order valence-electron chi connectivity index (χ2n) is 3.50. The van der Waals surface area contributed by atoms with Gasteiger partial charge in [-0.25, -0.2) is 0 Å². The first-order valence-corrected chi connectivity index (χ1v) is 5.61. The molecule has 0 aliphatic rings. The summed E-state index contributed by atoms with van der Waals surface area (Å²) >= 11 is 0. The summed E-state index contributed by atoms with van der Waals surface area (Å²) in [6, 6.07) is 0. The van der Waals surface area contributed by atoms with Gasteiger partial charge in [-0.05, 0) is 26.1 Å². The maximum atomic E-state index is 5.44. The zero-order valence-corrected chi connectivity index (χ0v) is 9.92. The van der Waals surface area contributed by atoms with Gasteiger partial charge in [0.2, 0.25) is 0 Å². The topological polar surface area (TPSA) is 47.2 Å². The van der Waals surface area contributed by atoms with Gasteiger partial charge < -0.3 is 10.6 Å². The Hall–Kier alpha value is -0.160. The molecular weight excluding hydrogens is 176 g/mol. The number of nitrogens with two attached hydrogens (primary N) is 1. The third-order valence-electron chi connectivity index (χ3n) is 2.39. The van der Waals surface area contributed by atoms with Crippen LogP contribution in [-0.2, 0) is 0 Å². The summed E-state index contributed by atoms with van der Waals surface area (Å²) in [5.41, 5.74) is 8.75. The van der Waals surface area contributed by atoms with Gasteiger partial charge in [-0.3, -0.25) is 0 Å². The molecule has 0 aromatic carbocycles. The molecule has 0 aliphatic carbocycles. The molecule has 0 spiro atoms. The smallest absolute Gasteiger partial charge is 0.156 e. The summed E-state index contributed by atoms with van der Waals surface area (Å²) in [6.07, 6.45) is 1.19. The number of likely N-dealkylation sites (N-methyl/N-ethyl adjacent to an activating group) is 1. The SMILES string of the molecule is CCN(CC)CCCN[N+](C)CCN. The van der Waals surface area contributed by atoms with Crippen molar-refractivity contribution in [1.82, 2.24) is 15.3 Å². The highest BCUT2D eigenvalue weighted by Gasteiger charge is 2.05. The lowest BCUT2D eigenvalue weighted by atomic mass is 10.4. The number of nitrogens with one attached hydrogen (secondary N) is 1. The Labute approximate surface area is 88.4 Å². The Balaban J connectivity index is 3.27. The van der Waals surface area contributed by atoms with E-state index in [1.807, 2.05) is 7.05 Å². The van der Waals surface area contributed by atoms with Gasteiger partial charge in [0.1, 0.15) is 7.05 Å². The van der Waals surface area contributed by atoms with E-state index in [9.17, 15) is 0 Å². The van der Waals surface area contributed by atoms with E-state index in [4.69, 9.17) is 5.73 Å². The van der Waals surface area contributed by atoms with Crippen LogP contribution in [0.1, 0.15) is 20.3 Å². The van der Waals surface area contributed by atoms with Crippen LogP contribution >= 0.6 is 0 Å². The minimum absolute atomic E-state index is 0.708. The Morgan fingerprint density at radius 3 is 2.43 bits per heavy atom. The standard InChI is InChI=1S/C10H26N4/c1-4-14(5-2)9-6-8-12-13(3)10-7-11/h12H,4-11H2,1-3H3/q+1. The van der Waals surface area contributed by atoms with Crippen LogP contribution in [0, 0.1) is 0 Å². The molecule has 1 radical (unpaired) electrons. The summed E-state index contributed by atoms with van der Waals surface area (Å²) in [5, 5.41) is 2.06. The maximum absolute atomic E-state index is 5.44. The normalized spacial score (nSPS) is 11.6. The highest BCUT2D eigenvalue weighted by molar-refractivity contribution is 4.56. The van der Waals surface area contributed by atoms with Crippen LogP contribution in [0.25, 0.3) is 0 Å². The van der Waals surface area contributed by atoms with E-state index < -0.39 is 0 Å². The van der Waals surface area contributed by atoms with Crippen molar-refractivity contribution in [2.24, 2.45) is 5.73 Å². The minimum Gasteiger partial charge on any atom is -0.325 e. The zero-order chi connectivity index (χ0) is 10.8. The van der Waals surface area contributed by atoms with Gasteiger partial charge in [-0.1, -0.05) is 18.9 Å². The van der Waals surface area contributed by atoms with Crippen LogP contribution < -0.4 is 16.2 Å². The van der Waals surface area contributed by atoms with E-state index >= 15 is 0 Å². The van der Waals surface area contributed by atoms with Crippen molar-refractivity contribution >= 4 is 0 Å². The van der Waals surface area contributed by atoms with Crippen LogP contribution in [0.5, 0.6) is 0 Å². The Bertz CT molecular complexity index is 115. The molecule has 4 nitrogen and oxygen atoms in total. The van der Waals surface area contributed by atoms with E-state index in [-0.39, 0.29) is 0 Å². The van der Waals surface area contributed by atoms with Crippen molar-refractivity contribution in [3.05, 3.63) is 0 Å². The molecule has 0 atom stereocenters. The lowest BCUT2D eigenvalue weighted by Crippen LogP contribution is -2.44. The molecule has 14 heavy (non-hydrogen) atoms. The van der Waals surface area contributed by atoms with Crippen LogP contribution in [0.2, 0.25) is 0 Å². The van der Waals surface area contributed by atoms with Crippen LogP contribution in [0.3, 0.4) is 0 Å². The average Bonchev–Trinajstić information content (AvgIpc) is 2.19. The molecule has 0 heterocycles. The van der Waals surface area contributed by atoms with E-state index in [1.54, 1.807) is 0 Å². The molecule has 0 amide bonds. The molecule has 0 aromatic rings. The average molecular weight is 202 g/mol. The third kappa shape index (κ3) is 7.26. The Kier molecular flexibility index (Phi) is 9.29. The molecule has 0 fully saturated rings. The summed E-state index contributed by atoms with van der Waals surface area (Å²) in [7, 11) is 2.03. The highest BCUT2D eigenvalue weighted by atomic mass is 15.5. The predicted octanol–water partition coefficient (Wildman–Crippen LogP) is -0.0485. The second-order valence-corrected chi connectivity index (χ2v) is 3.50. The summed E-state index contributed by atoms with van der Waals surface area (Å²) in [4.78, 5) is 2.44. The van der Waals surface area contributed by atoms with Crippen LogP contribution in [0.4, 0.5) is 0 Å². The van der Waals surface area contributed by atoms with Gasteiger partial charge >= 0.3 is 0 Å². The second kappa shape index (κ2) is 9.40. The zero-order valence-electron chi connectivity index (χ0n) is 9.92. The van der Waals surface area contributed by atoms with Crippen molar-refractivity contribution in [1.29, 1.82) is 0 Å². The molecule has 0 unspecified atom stereocenters. The van der Waals surface area contributed by atoms with Crippen LogP contribution in [0.15, 0.2) is 0 Å². The molecular formula is C10H26N4+. The number of hydrogen-bond acceptors (Lipinski definition) is 4. The maximum Gasteiger partial charge on any atom is 0.156 e. The third-order valence-corrected chi connectivity index (χ3v) is 2.39. The van der Waals surface area contributed by atoms with Crippen LogP contribution in [-0.4, -0.2) is 51.2 Å². The van der Waals surface area contributed by atoms with Crippen molar-refractivity contribution in [3.63, 3.8) is 0 Å². The lowest BCUT2D eigenvalue weighted by Gasteiger charge is -2.17. The van der Waals surface area contributed by atoms with E-state index in [1.165, 1.54) is 13.0 Å². The van der Waals surface area contributed by atoms with Gasteiger partial charge in [0.05, 0.1) is 6.54 Å². The predicted molar refractivity (Wildman–Crippen MR) is 62.4 cm³/mol. The molecule has 0 saturated heterocycles. The van der Waals surface area contributed by atoms with Gasteiger partial charge in [0.15, 0.2) is 6.54 Å². The number of rotatable bonds is 9. The fourth-order valence-corrected chi connectivity index (χ4v) is 1.39. The molecule has 0 bridgehead atoms. The lowest BCUT2D eigenvalue weighted by molar-refractivity contribution is 0.284. The first-order chi connectivity index (χ1) is 6.74. The van der Waals surface area contributed by atoms with Crippen molar-refractivity contribution < 1.29 is 0 Å². The van der Waals surface area contributed by atoms with E-state index in [0.717, 1.165) is 26.2 Å². The molecule has 0 aliphatic heterocycles. The first-order valence-electron chi connectivity index (χ1n) is 5.61. The fraction of sp³-hybridized carbons (Fsp3) is 1.00. The fourth-order valence-electron chi connectivity index (χ4n) is 1.39. The molecule has 0 saturated carbocycles. The molecule has 3 N–H and O–H groups in total. The summed E-state index contributed by atoms with van der Waals surface area (Å²) < 4.78 is 0.